The van der Waals surface area contributed by atoms with Gasteiger partial charge in [-0.15, -0.1) is 0 Å². The number of hydrogen-bond acceptors (Lipinski definition) is 1. The zero-order valence-corrected chi connectivity index (χ0v) is 7.09. The Morgan fingerprint density at radius 3 is 3.18 bits per heavy atom. The molecule has 1 aliphatic carbocycles. The summed E-state index contributed by atoms with van der Waals surface area (Å²) in [5, 5.41) is 7.15. The molecule has 0 amide bonds. The molecule has 2 heteroatoms. The van der Waals surface area contributed by atoms with Gasteiger partial charge in [0.15, 0.2) is 0 Å². The van der Waals surface area contributed by atoms with Crippen LogP contribution in [0.3, 0.4) is 0 Å². The monoisotopic (exact) mass is 150 g/mol. The van der Waals surface area contributed by atoms with Crippen LogP contribution in [0.25, 0.3) is 0 Å². The molecule has 2 nitrogen and oxygen atoms in total. The van der Waals surface area contributed by atoms with Gasteiger partial charge < -0.3 is 0 Å². The van der Waals surface area contributed by atoms with Crippen LogP contribution in [0.1, 0.15) is 37.4 Å². The maximum atomic E-state index is 4.05. The number of nitrogens with zero attached hydrogens (tertiary/aromatic N) is 1. The van der Waals surface area contributed by atoms with Gasteiger partial charge in [0, 0.05) is 11.6 Å². The second kappa shape index (κ2) is 2.36. The minimum Gasteiger partial charge on any atom is -0.282 e. The van der Waals surface area contributed by atoms with Crippen molar-refractivity contribution in [3.05, 3.63) is 17.5 Å². The predicted octanol–water partition coefficient (Wildman–Crippen LogP) is 2.10. The molecule has 0 spiro atoms. The van der Waals surface area contributed by atoms with E-state index in [1.165, 1.54) is 24.1 Å². The lowest BCUT2D eigenvalue weighted by Gasteiger charge is -2.12. The van der Waals surface area contributed by atoms with Gasteiger partial charge in [-0.1, -0.05) is 13.8 Å². The maximum absolute atomic E-state index is 4.05. The van der Waals surface area contributed by atoms with Crippen molar-refractivity contribution < 1.29 is 0 Å². The molecule has 60 valence electrons. The number of H-pyrrole nitrogens is 1. The molecular formula is C9H14N2. The molecule has 1 heterocycles. The van der Waals surface area contributed by atoms with E-state index in [0.717, 1.165) is 11.8 Å². The van der Waals surface area contributed by atoms with Crippen molar-refractivity contribution in [2.24, 2.45) is 5.92 Å². The zero-order chi connectivity index (χ0) is 7.84. The summed E-state index contributed by atoms with van der Waals surface area (Å²) in [7, 11) is 0. The molecule has 0 aromatic carbocycles. The number of rotatable bonds is 1. The van der Waals surface area contributed by atoms with Crippen molar-refractivity contribution in [2.45, 2.75) is 32.6 Å². The van der Waals surface area contributed by atoms with Gasteiger partial charge in [0.05, 0.1) is 6.20 Å². The predicted molar refractivity (Wildman–Crippen MR) is 44.5 cm³/mol. The van der Waals surface area contributed by atoms with Crippen LogP contribution in [0.4, 0.5) is 0 Å². The maximum Gasteiger partial charge on any atom is 0.0522 e. The van der Waals surface area contributed by atoms with Crippen LogP contribution in [-0.2, 0) is 6.42 Å². The lowest BCUT2D eigenvalue weighted by atomic mass is 9.94. The molecule has 2 rings (SSSR count). The van der Waals surface area contributed by atoms with Gasteiger partial charge in [0.2, 0.25) is 0 Å². The van der Waals surface area contributed by atoms with Crippen LogP contribution in [0.15, 0.2) is 6.20 Å². The summed E-state index contributed by atoms with van der Waals surface area (Å²) in [6.07, 6.45) is 4.49. The van der Waals surface area contributed by atoms with Crippen molar-refractivity contribution in [3.63, 3.8) is 0 Å². The van der Waals surface area contributed by atoms with E-state index in [-0.39, 0.29) is 0 Å². The Morgan fingerprint density at radius 2 is 2.45 bits per heavy atom. The Kier molecular flexibility index (Phi) is 1.48. The smallest absolute Gasteiger partial charge is 0.0522 e. The number of hydrogen-bond donors (Lipinski definition) is 1. The van der Waals surface area contributed by atoms with Gasteiger partial charge >= 0.3 is 0 Å². The van der Waals surface area contributed by atoms with Crippen molar-refractivity contribution in [1.29, 1.82) is 0 Å². The van der Waals surface area contributed by atoms with Gasteiger partial charge in [-0.25, -0.2) is 0 Å². The summed E-state index contributed by atoms with van der Waals surface area (Å²) < 4.78 is 0. The van der Waals surface area contributed by atoms with E-state index < -0.39 is 0 Å². The van der Waals surface area contributed by atoms with Crippen molar-refractivity contribution in [2.75, 3.05) is 0 Å². The molecule has 1 aromatic rings. The highest BCUT2D eigenvalue weighted by Gasteiger charge is 2.26. The van der Waals surface area contributed by atoms with Crippen LogP contribution in [0.2, 0.25) is 0 Å². The fraction of sp³-hybridized carbons (Fsp3) is 0.667. The molecule has 1 atom stereocenters. The first-order chi connectivity index (χ1) is 5.29. The summed E-state index contributed by atoms with van der Waals surface area (Å²) in [6, 6.07) is 0. The second-order valence-corrected chi connectivity index (χ2v) is 3.70. The van der Waals surface area contributed by atoms with Gasteiger partial charge in [-0.3, -0.25) is 5.10 Å². The van der Waals surface area contributed by atoms with Crippen LogP contribution >= 0.6 is 0 Å². The van der Waals surface area contributed by atoms with E-state index in [4.69, 9.17) is 0 Å². The van der Waals surface area contributed by atoms with E-state index in [2.05, 4.69) is 24.0 Å². The average Bonchev–Trinajstić information content (AvgIpc) is 2.41. The van der Waals surface area contributed by atoms with Gasteiger partial charge in [-0.2, -0.15) is 5.10 Å². The number of aromatic amines is 1. The average molecular weight is 150 g/mol. The molecule has 1 N–H and O–H groups in total. The Morgan fingerprint density at radius 1 is 1.64 bits per heavy atom. The molecule has 1 aromatic heterocycles. The Hall–Kier alpha value is -0.790. The van der Waals surface area contributed by atoms with Gasteiger partial charge in [0.25, 0.3) is 0 Å². The number of aromatic nitrogens is 2. The summed E-state index contributed by atoms with van der Waals surface area (Å²) in [5.74, 6) is 1.48. The van der Waals surface area contributed by atoms with Crippen molar-refractivity contribution in [1.82, 2.24) is 10.2 Å². The molecule has 11 heavy (non-hydrogen) atoms. The standard InChI is InChI=1S/C9H14N2/c1-6(2)8-4-3-7-5-10-11-9(7)8/h5-6,8H,3-4H2,1-2H3,(H,10,11). The zero-order valence-electron chi connectivity index (χ0n) is 7.09. The van der Waals surface area contributed by atoms with Crippen LogP contribution < -0.4 is 0 Å². The van der Waals surface area contributed by atoms with Gasteiger partial charge in [0.1, 0.15) is 0 Å². The van der Waals surface area contributed by atoms with Crippen molar-refractivity contribution >= 4 is 0 Å². The Balaban J connectivity index is 2.31. The van der Waals surface area contributed by atoms with E-state index in [1.54, 1.807) is 0 Å². The first kappa shape index (κ1) is 6.89. The third kappa shape index (κ3) is 0.971. The second-order valence-electron chi connectivity index (χ2n) is 3.70. The quantitative estimate of drug-likeness (QED) is 0.652. The highest BCUT2D eigenvalue weighted by Crippen LogP contribution is 2.36. The molecule has 0 bridgehead atoms. The number of nitrogens with one attached hydrogen (secondary N) is 1. The van der Waals surface area contributed by atoms with Crippen LogP contribution in [-0.4, -0.2) is 10.2 Å². The molecule has 0 aliphatic heterocycles. The van der Waals surface area contributed by atoms with E-state index in [0.29, 0.717) is 0 Å². The molecular weight excluding hydrogens is 136 g/mol. The first-order valence-electron chi connectivity index (χ1n) is 4.31. The lowest BCUT2D eigenvalue weighted by molar-refractivity contribution is 0.484. The highest BCUT2D eigenvalue weighted by atomic mass is 15.1. The Labute approximate surface area is 67.0 Å². The topological polar surface area (TPSA) is 28.7 Å². The molecule has 0 saturated heterocycles. The third-order valence-electron chi connectivity index (χ3n) is 2.65. The third-order valence-corrected chi connectivity index (χ3v) is 2.65. The number of fused-ring (bicyclic) bond motifs is 1. The Bertz CT molecular complexity index is 250. The highest BCUT2D eigenvalue weighted by molar-refractivity contribution is 5.26. The van der Waals surface area contributed by atoms with Crippen molar-refractivity contribution in [3.8, 4) is 0 Å². The van der Waals surface area contributed by atoms with E-state index in [1.807, 2.05) is 6.20 Å². The molecule has 0 radical (unpaired) electrons. The summed E-state index contributed by atoms with van der Waals surface area (Å²) in [5.41, 5.74) is 2.82. The fourth-order valence-corrected chi connectivity index (χ4v) is 1.96. The van der Waals surface area contributed by atoms with E-state index >= 15 is 0 Å². The largest absolute Gasteiger partial charge is 0.282 e. The lowest BCUT2D eigenvalue weighted by Crippen LogP contribution is -2.02. The molecule has 0 fully saturated rings. The first-order valence-corrected chi connectivity index (χ1v) is 4.31. The minimum atomic E-state index is 0.729. The minimum absolute atomic E-state index is 0.729. The molecule has 1 unspecified atom stereocenters. The van der Waals surface area contributed by atoms with Gasteiger partial charge in [-0.05, 0) is 24.3 Å². The molecule has 0 saturated carbocycles. The van der Waals surface area contributed by atoms with Crippen LogP contribution in [0, 0.1) is 5.92 Å². The summed E-state index contributed by atoms with van der Waals surface area (Å²) in [4.78, 5) is 0. The SMILES string of the molecule is CC(C)C1CCc2cn[nH]c21. The molecule has 1 aliphatic rings. The number of aryl methyl sites for hydroxylation is 1. The summed E-state index contributed by atoms with van der Waals surface area (Å²) in [6.45, 7) is 4.56. The van der Waals surface area contributed by atoms with Crippen LogP contribution in [0.5, 0.6) is 0 Å². The van der Waals surface area contributed by atoms with E-state index in [9.17, 15) is 0 Å². The normalized spacial score (nSPS) is 22.6. The fourth-order valence-electron chi connectivity index (χ4n) is 1.96. The summed E-state index contributed by atoms with van der Waals surface area (Å²) >= 11 is 0.